The van der Waals surface area contributed by atoms with E-state index < -0.39 is 0 Å². The normalized spacial score (nSPS) is 12.5. The summed E-state index contributed by atoms with van der Waals surface area (Å²) >= 11 is 2.74. The highest BCUT2D eigenvalue weighted by atomic mass is 32.2. The molecule has 0 bridgehead atoms. The Kier molecular flexibility index (Phi) is 3.84. The number of halogens is 1. The average molecular weight is 323 g/mol. The quantitative estimate of drug-likeness (QED) is 0.737. The molecule has 2 aromatic heterocycles. The molecular weight excluding hydrogens is 313 g/mol. The monoisotopic (exact) mass is 323 g/mol. The van der Waals surface area contributed by atoms with Crippen molar-refractivity contribution in [1.82, 2.24) is 20.4 Å². The van der Waals surface area contributed by atoms with Gasteiger partial charge in [-0.2, -0.15) is 0 Å². The Morgan fingerprint density at radius 1 is 1.19 bits per heavy atom. The zero-order chi connectivity index (χ0) is 14.8. The fraction of sp³-hybridized carbons (Fsp3) is 0.167. The van der Waals surface area contributed by atoms with Crippen LogP contribution in [0.5, 0.6) is 0 Å². The molecule has 9 heteroatoms. The lowest BCUT2D eigenvalue weighted by molar-refractivity contribution is 0.509. The molecule has 1 unspecified atom stereocenters. The number of benzene rings is 1. The predicted octanol–water partition coefficient (Wildman–Crippen LogP) is 3.16. The third-order valence-electron chi connectivity index (χ3n) is 2.58. The number of thioether (sulfide) groups is 1. The number of rotatable bonds is 4. The largest absolute Gasteiger partial charge is 0.419 e. The second kappa shape index (κ2) is 5.78. The van der Waals surface area contributed by atoms with Crippen molar-refractivity contribution in [2.45, 2.75) is 16.5 Å². The number of nitrogen functional groups attached to an aromatic ring is 1. The molecule has 0 saturated carbocycles. The molecule has 6 nitrogen and oxygen atoms in total. The number of hydrogen-bond donors (Lipinski definition) is 1. The maximum Gasteiger partial charge on any atom is 0.247 e. The minimum absolute atomic E-state index is 0.0842. The minimum atomic E-state index is -0.309. The molecule has 2 N–H and O–H groups in total. The maximum absolute atomic E-state index is 12.9. The van der Waals surface area contributed by atoms with Gasteiger partial charge in [0, 0.05) is 5.56 Å². The van der Waals surface area contributed by atoms with E-state index in [-0.39, 0.29) is 11.1 Å². The summed E-state index contributed by atoms with van der Waals surface area (Å²) in [4.78, 5) is 0. The van der Waals surface area contributed by atoms with Gasteiger partial charge in [-0.05, 0) is 31.2 Å². The first-order chi connectivity index (χ1) is 10.1. The van der Waals surface area contributed by atoms with Gasteiger partial charge >= 0.3 is 0 Å². The van der Waals surface area contributed by atoms with Gasteiger partial charge in [0.25, 0.3) is 0 Å². The average Bonchev–Trinajstić information content (AvgIpc) is 3.09. The molecule has 1 atom stereocenters. The fourth-order valence-corrected chi connectivity index (χ4v) is 3.39. The molecule has 0 amide bonds. The van der Waals surface area contributed by atoms with Crippen LogP contribution in [0, 0.1) is 5.82 Å². The highest BCUT2D eigenvalue weighted by molar-refractivity contribution is 8.01. The second-order valence-corrected chi connectivity index (χ2v) is 6.72. The topological polar surface area (TPSA) is 90.7 Å². The van der Waals surface area contributed by atoms with Crippen molar-refractivity contribution >= 4 is 28.2 Å². The third kappa shape index (κ3) is 3.19. The minimum Gasteiger partial charge on any atom is -0.419 e. The van der Waals surface area contributed by atoms with Crippen molar-refractivity contribution in [3.05, 3.63) is 36.0 Å². The van der Waals surface area contributed by atoms with Crippen LogP contribution in [-0.4, -0.2) is 20.4 Å². The van der Waals surface area contributed by atoms with Crippen LogP contribution >= 0.6 is 23.1 Å². The van der Waals surface area contributed by atoms with Gasteiger partial charge < -0.3 is 10.2 Å². The molecule has 0 aliphatic heterocycles. The van der Waals surface area contributed by atoms with Crippen LogP contribution in [0.1, 0.15) is 18.1 Å². The number of anilines is 1. The van der Waals surface area contributed by atoms with E-state index in [9.17, 15) is 4.39 Å². The van der Waals surface area contributed by atoms with Gasteiger partial charge in [-0.15, -0.1) is 20.4 Å². The molecule has 2 heterocycles. The summed E-state index contributed by atoms with van der Waals surface area (Å²) in [5.74, 6) is 0.513. The highest BCUT2D eigenvalue weighted by Crippen LogP contribution is 2.36. The van der Waals surface area contributed by atoms with Gasteiger partial charge in [-0.25, -0.2) is 4.39 Å². The van der Waals surface area contributed by atoms with Gasteiger partial charge in [0.2, 0.25) is 16.9 Å². The van der Waals surface area contributed by atoms with E-state index in [4.69, 9.17) is 10.2 Å². The van der Waals surface area contributed by atoms with Crippen LogP contribution in [0.15, 0.2) is 33.0 Å². The van der Waals surface area contributed by atoms with Crippen LogP contribution in [0.4, 0.5) is 9.52 Å². The predicted molar refractivity (Wildman–Crippen MR) is 78.3 cm³/mol. The molecule has 0 fully saturated rings. The molecule has 0 spiro atoms. The third-order valence-corrected chi connectivity index (χ3v) is 4.50. The number of hydrogen-bond acceptors (Lipinski definition) is 8. The van der Waals surface area contributed by atoms with Crippen LogP contribution < -0.4 is 5.73 Å². The van der Waals surface area contributed by atoms with Gasteiger partial charge in [0.05, 0.1) is 5.25 Å². The number of nitrogens with zero attached hydrogens (tertiary/aromatic N) is 4. The van der Waals surface area contributed by atoms with Crippen LogP contribution in [-0.2, 0) is 0 Å². The zero-order valence-electron chi connectivity index (χ0n) is 10.9. The summed E-state index contributed by atoms with van der Waals surface area (Å²) in [6, 6.07) is 5.88. The van der Waals surface area contributed by atoms with E-state index in [1.807, 2.05) is 6.92 Å². The zero-order valence-corrected chi connectivity index (χ0v) is 12.5. The molecule has 0 saturated heterocycles. The maximum atomic E-state index is 12.9. The molecule has 0 aliphatic rings. The first-order valence-electron chi connectivity index (χ1n) is 5.97. The van der Waals surface area contributed by atoms with E-state index in [1.165, 1.54) is 35.2 Å². The van der Waals surface area contributed by atoms with E-state index >= 15 is 0 Å². The molecule has 0 aliphatic carbocycles. The fourth-order valence-electron chi connectivity index (χ4n) is 1.58. The first-order valence-corrected chi connectivity index (χ1v) is 7.66. The summed E-state index contributed by atoms with van der Waals surface area (Å²) in [6.07, 6.45) is 0. The standard InChI is InChI=1S/C12H10FN5OS2/c1-6(20-12-18-17-11(14)21-12)9-15-16-10(19-9)7-2-4-8(13)5-3-7/h2-6H,1H3,(H2,14,17). The first kappa shape index (κ1) is 14.0. The van der Waals surface area contributed by atoms with Crippen LogP contribution in [0.2, 0.25) is 0 Å². The molecule has 0 radical (unpaired) electrons. The smallest absolute Gasteiger partial charge is 0.247 e. The summed E-state index contributed by atoms with van der Waals surface area (Å²) < 4.78 is 19.2. The Balaban J connectivity index is 1.76. The van der Waals surface area contributed by atoms with Crippen molar-refractivity contribution in [2.75, 3.05) is 5.73 Å². The molecule has 3 aromatic rings. The number of nitrogens with two attached hydrogens (primary N) is 1. The Morgan fingerprint density at radius 2 is 1.95 bits per heavy atom. The van der Waals surface area contributed by atoms with Crippen molar-refractivity contribution in [3.63, 3.8) is 0 Å². The molecule has 108 valence electrons. The van der Waals surface area contributed by atoms with Crippen molar-refractivity contribution in [3.8, 4) is 11.5 Å². The Labute approximate surface area is 127 Å². The lowest BCUT2D eigenvalue weighted by Crippen LogP contribution is -1.88. The van der Waals surface area contributed by atoms with Crippen molar-refractivity contribution < 1.29 is 8.81 Å². The summed E-state index contributed by atoms with van der Waals surface area (Å²) in [6.45, 7) is 1.92. The van der Waals surface area contributed by atoms with Crippen molar-refractivity contribution in [2.24, 2.45) is 0 Å². The Morgan fingerprint density at radius 3 is 2.62 bits per heavy atom. The lowest BCUT2D eigenvalue weighted by atomic mass is 10.2. The molecule has 3 rings (SSSR count). The molecular formula is C12H10FN5OS2. The van der Waals surface area contributed by atoms with Gasteiger partial charge in [0.1, 0.15) is 5.82 Å². The Bertz CT molecular complexity index is 742. The van der Waals surface area contributed by atoms with E-state index in [1.54, 1.807) is 12.1 Å². The summed E-state index contributed by atoms with van der Waals surface area (Å²) in [5, 5.41) is 16.0. The molecule has 21 heavy (non-hydrogen) atoms. The van der Waals surface area contributed by atoms with Crippen LogP contribution in [0.3, 0.4) is 0 Å². The van der Waals surface area contributed by atoms with Crippen molar-refractivity contribution in [1.29, 1.82) is 0 Å². The number of aromatic nitrogens is 4. The van der Waals surface area contributed by atoms with E-state index in [0.29, 0.717) is 22.5 Å². The van der Waals surface area contributed by atoms with Crippen LogP contribution in [0.25, 0.3) is 11.5 Å². The lowest BCUT2D eigenvalue weighted by Gasteiger charge is -2.02. The highest BCUT2D eigenvalue weighted by Gasteiger charge is 2.18. The summed E-state index contributed by atoms with van der Waals surface area (Å²) in [7, 11) is 0. The van der Waals surface area contributed by atoms with E-state index in [0.717, 1.165) is 4.34 Å². The second-order valence-electron chi connectivity index (χ2n) is 4.12. The van der Waals surface area contributed by atoms with Gasteiger partial charge in [-0.3, -0.25) is 0 Å². The SMILES string of the molecule is CC(Sc1nnc(N)s1)c1nnc(-c2ccc(F)cc2)o1. The Hall–Kier alpha value is -2.00. The summed E-state index contributed by atoms with van der Waals surface area (Å²) in [5.41, 5.74) is 6.21. The van der Waals surface area contributed by atoms with Gasteiger partial charge in [-0.1, -0.05) is 23.1 Å². The molecule has 1 aromatic carbocycles. The van der Waals surface area contributed by atoms with E-state index in [2.05, 4.69) is 20.4 Å². The van der Waals surface area contributed by atoms with Gasteiger partial charge in [0.15, 0.2) is 4.34 Å².